The van der Waals surface area contributed by atoms with Crippen LogP contribution < -0.4 is 0 Å². The van der Waals surface area contributed by atoms with Gasteiger partial charge in [-0.25, -0.2) is 8.42 Å². The number of sulfonamides is 1. The van der Waals surface area contributed by atoms with Gasteiger partial charge >= 0.3 is 0 Å². The lowest BCUT2D eigenvalue weighted by Gasteiger charge is -2.27. The molecule has 0 aromatic heterocycles. The number of hydrogen-bond donors (Lipinski definition) is 0. The maximum absolute atomic E-state index is 12.9. The second kappa shape index (κ2) is 7.05. The fourth-order valence-electron chi connectivity index (χ4n) is 2.59. The van der Waals surface area contributed by atoms with E-state index in [0.29, 0.717) is 11.4 Å². The Hall–Kier alpha value is -1.39. The molecule has 1 aliphatic rings. The summed E-state index contributed by atoms with van der Waals surface area (Å²) < 4.78 is 27.3. The molecule has 0 saturated heterocycles. The largest absolute Gasteiger partial charge is 0.243 e. The Morgan fingerprint density at radius 1 is 1.29 bits per heavy atom. The normalized spacial score (nSPS) is 19.4. The van der Waals surface area contributed by atoms with Gasteiger partial charge in [-0.1, -0.05) is 42.3 Å². The van der Waals surface area contributed by atoms with Gasteiger partial charge in [0.15, 0.2) is 0 Å². The van der Waals surface area contributed by atoms with Gasteiger partial charge in [-0.05, 0) is 38.3 Å². The lowest BCUT2D eigenvalue weighted by atomic mass is 10.1. The van der Waals surface area contributed by atoms with Gasteiger partial charge < -0.3 is 0 Å². The predicted molar refractivity (Wildman–Crippen MR) is 86.7 cm³/mol. The molecule has 1 atom stereocenters. The molecule has 0 heterocycles. The molecule has 0 N–H and O–H groups in total. The summed E-state index contributed by atoms with van der Waals surface area (Å²) in [5.74, 6) is 0. The molecule has 1 unspecified atom stereocenters. The SMILES string of the molecule is C=CCN(C1C=CCCCC1)S(=O)(=O)c1ccc(C)cc1. The minimum Gasteiger partial charge on any atom is -0.207 e. The van der Waals surface area contributed by atoms with Gasteiger partial charge in [-0.2, -0.15) is 4.31 Å². The first-order valence-electron chi connectivity index (χ1n) is 7.42. The molecule has 1 aromatic rings. The van der Waals surface area contributed by atoms with Gasteiger partial charge in [0.05, 0.1) is 4.90 Å². The average Bonchev–Trinajstić information content (AvgIpc) is 2.74. The fraction of sp³-hybridized carbons (Fsp3) is 0.412. The molecule has 0 spiro atoms. The molecule has 2 rings (SSSR count). The topological polar surface area (TPSA) is 37.4 Å². The molecule has 3 nitrogen and oxygen atoms in total. The number of benzene rings is 1. The summed E-state index contributed by atoms with van der Waals surface area (Å²) in [6.07, 6.45) is 9.86. The zero-order valence-electron chi connectivity index (χ0n) is 12.5. The second-order valence-corrected chi connectivity index (χ2v) is 7.35. The van der Waals surface area contributed by atoms with Crippen molar-refractivity contribution in [3.8, 4) is 0 Å². The summed E-state index contributed by atoms with van der Waals surface area (Å²) in [7, 11) is -3.48. The van der Waals surface area contributed by atoms with Crippen LogP contribution in [0.1, 0.15) is 31.2 Å². The standard InChI is InChI=1S/C17H23NO2S/c1-3-14-18(16-8-6-4-5-7-9-16)21(19,20)17-12-10-15(2)11-13-17/h3,6,8,10-13,16H,1,4-5,7,9,14H2,2H3. The van der Waals surface area contributed by atoms with Crippen molar-refractivity contribution in [2.24, 2.45) is 0 Å². The van der Waals surface area contributed by atoms with Gasteiger partial charge in [-0.15, -0.1) is 6.58 Å². The van der Waals surface area contributed by atoms with Crippen LogP contribution in [-0.4, -0.2) is 25.3 Å². The molecular weight excluding hydrogens is 282 g/mol. The Balaban J connectivity index is 2.35. The molecule has 4 heteroatoms. The van der Waals surface area contributed by atoms with E-state index in [0.717, 1.165) is 31.2 Å². The van der Waals surface area contributed by atoms with Crippen molar-refractivity contribution in [2.45, 2.75) is 43.5 Å². The van der Waals surface area contributed by atoms with Crippen LogP contribution in [0, 0.1) is 6.92 Å². The second-order valence-electron chi connectivity index (χ2n) is 5.46. The first-order valence-corrected chi connectivity index (χ1v) is 8.86. The number of rotatable bonds is 5. The molecule has 0 amide bonds. The lowest BCUT2D eigenvalue weighted by Crippen LogP contribution is -2.39. The Labute approximate surface area is 128 Å². The smallest absolute Gasteiger partial charge is 0.207 e. The summed E-state index contributed by atoms with van der Waals surface area (Å²) in [5.41, 5.74) is 1.05. The van der Waals surface area contributed by atoms with Crippen LogP contribution in [-0.2, 0) is 10.0 Å². The molecular formula is C17H23NO2S. The number of allylic oxidation sites excluding steroid dienone is 1. The van der Waals surface area contributed by atoms with E-state index in [9.17, 15) is 8.42 Å². The van der Waals surface area contributed by atoms with Crippen LogP contribution in [0.5, 0.6) is 0 Å². The molecule has 1 aromatic carbocycles. The third-order valence-corrected chi connectivity index (χ3v) is 5.69. The summed E-state index contributed by atoms with van der Waals surface area (Å²) in [6, 6.07) is 6.96. The number of nitrogens with zero attached hydrogens (tertiary/aromatic N) is 1. The highest BCUT2D eigenvalue weighted by atomic mass is 32.2. The minimum atomic E-state index is -3.48. The molecule has 1 aliphatic carbocycles. The summed E-state index contributed by atoms with van der Waals surface area (Å²) in [4.78, 5) is 0.354. The van der Waals surface area contributed by atoms with Crippen molar-refractivity contribution in [3.63, 3.8) is 0 Å². The van der Waals surface area contributed by atoms with Crippen LogP contribution in [0.25, 0.3) is 0 Å². The fourth-order valence-corrected chi connectivity index (χ4v) is 4.17. The lowest BCUT2D eigenvalue weighted by molar-refractivity contribution is 0.370. The van der Waals surface area contributed by atoms with Crippen LogP contribution >= 0.6 is 0 Å². The Morgan fingerprint density at radius 3 is 2.67 bits per heavy atom. The molecule has 0 radical (unpaired) electrons. The molecule has 0 aliphatic heterocycles. The maximum atomic E-state index is 12.9. The monoisotopic (exact) mass is 305 g/mol. The molecule has 0 saturated carbocycles. The van der Waals surface area contributed by atoms with E-state index in [1.54, 1.807) is 22.5 Å². The van der Waals surface area contributed by atoms with Crippen molar-refractivity contribution in [2.75, 3.05) is 6.54 Å². The predicted octanol–water partition coefficient (Wildman–Crippen LogP) is 3.67. The third kappa shape index (κ3) is 3.83. The van der Waals surface area contributed by atoms with E-state index < -0.39 is 10.0 Å². The van der Waals surface area contributed by atoms with Crippen molar-refractivity contribution in [3.05, 3.63) is 54.6 Å². The minimum absolute atomic E-state index is 0.0724. The third-order valence-electron chi connectivity index (χ3n) is 3.79. The molecule has 21 heavy (non-hydrogen) atoms. The van der Waals surface area contributed by atoms with Crippen molar-refractivity contribution in [1.82, 2.24) is 4.31 Å². The maximum Gasteiger partial charge on any atom is 0.243 e. The summed E-state index contributed by atoms with van der Waals surface area (Å²) in [5, 5.41) is 0. The highest BCUT2D eigenvalue weighted by molar-refractivity contribution is 7.89. The Kier molecular flexibility index (Phi) is 5.37. The highest BCUT2D eigenvalue weighted by Gasteiger charge is 2.29. The van der Waals surface area contributed by atoms with Gasteiger partial charge in [0.2, 0.25) is 10.0 Å². The quantitative estimate of drug-likeness (QED) is 0.778. The van der Waals surface area contributed by atoms with Gasteiger partial charge in [0, 0.05) is 12.6 Å². The van der Waals surface area contributed by atoms with Gasteiger partial charge in [-0.3, -0.25) is 0 Å². The van der Waals surface area contributed by atoms with Gasteiger partial charge in [0.1, 0.15) is 0 Å². The van der Waals surface area contributed by atoms with Crippen LogP contribution in [0.3, 0.4) is 0 Å². The van der Waals surface area contributed by atoms with Crippen LogP contribution in [0.2, 0.25) is 0 Å². The van der Waals surface area contributed by atoms with E-state index in [1.807, 2.05) is 25.1 Å². The van der Waals surface area contributed by atoms with E-state index in [2.05, 4.69) is 12.7 Å². The zero-order valence-corrected chi connectivity index (χ0v) is 13.3. The Bertz CT molecular complexity index is 602. The van der Waals surface area contributed by atoms with Crippen LogP contribution in [0.15, 0.2) is 54.0 Å². The molecule has 114 valence electrons. The van der Waals surface area contributed by atoms with Crippen molar-refractivity contribution >= 4 is 10.0 Å². The van der Waals surface area contributed by atoms with E-state index >= 15 is 0 Å². The first kappa shape index (κ1) is 16.0. The van der Waals surface area contributed by atoms with Crippen molar-refractivity contribution in [1.29, 1.82) is 0 Å². The zero-order chi connectivity index (χ0) is 15.3. The summed E-state index contributed by atoms with van der Waals surface area (Å²) in [6.45, 7) is 6.00. The number of aryl methyl sites for hydroxylation is 1. The summed E-state index contributed by atoms with van der Waals surface area (Å²) >= 11 is 0. The average molecular weight is 305 g/mol. The highest BCUT2D eigenvalue weighted by Crippen LogP contribution is 2.24. The molecule has 0 bridgehead atoms. The van der Waals surface area contributed by atoms with E-state index in [4.69, 9.17) is 0 Å². The van der Waals surface area contributed by atoms with E-state index in [-0.39, 0.29) is 6.04 Å². The number of hydrogen-bond acceptors (Lipinski definition) is 2. The van der Waals surface area contributed by atoms with E-state index in [1.165, 1.54) is 0 Å². The molecule has 0 fully saturated rings. The first-order chi connectivity index (χ1) is 10.1. The Morgan fingerprint density at radius 2 is 2.00 bits per heavy atom. The van der Waals surface area contributed by atoms with Crippen molar-refractivity contribution < 1.29 is 8.42 Å². The van der Waals surface area contributed by atoms with Crippen LogP contribution in [0.4, 0.5) is 0 Å². The van der Waals surface area contributed by atoms with Gasteiger partial charge in [0.25, 0.3) is 0 Å².